The number of fused-ring (bicyclic) bond motifs is 2. The molecule has 0 saturated carbocycles. The van der Waals surface area contributed by atoms with Crippen LogP contribution in [-0.2, 0) is 24.3 Å². The van der Waals surface area contributed by atoms with E-state index in [2.05, 4.69) is 20.0 Å². The number of nitrogens with one attached hydrogen (secondary N) is 2. The van der Waals surface area contributed by atoms with E-state index in [1.54, 1.807) is 42.6 Å². The number of anilines is 1. The molecule has 1 unspecified atom stereocenters. The molecule has 1 aromatic heterocycles. The van der Waals surface area contributed by atoms with Crippen molar-refractivity contribution in [2.45, 2.75) is 30.9 Å². The molecule has 2 atom stereocenters. The molecule has 0 aliphatic carbocycles. The van der Waals surface area contributed by atoms with Gasteiger partial charge in [-0.1, -0.05) is 18.2 Å². The Morgan fingerprint density at radius 2 is 1.84 bits per heavy atom. The molecule has 0 saturated heterocycles. The van der Waals surface area contributed by atoms with Crippen molar-refractivity contribution in [2.75, 3.05) is 5.32 Å². The van der Waals surface area contributed by atoms with Crippen LogP contribution in [-0.4, -0.2) is 43.3 Å². The molecule has 32 heavy (non-hydrogen) atoms. The van der Waals surface area contributed by atoms with Crippen molar-refractivity contribution in [1.82, 2.24) is 9.71 Å². The summed E-state index contributed by atoms with van der Waals surface area (Å²) in [6.45, 7) is 2.91. The number of benzene rings is 2. The van der Waals surface area contributed by atoms with Gasteiger partial charge >= 0.3 is 5.97 Å². The summed E-state index contributed by atoms with van der Waals surface area (Å²) in [5.41, 5.74) is 1.65. The second-order valence-corrected chi connectivity index (χ2v) is 8.85. The third kappa shape index (κ3) is 4.17. The van der Waals surface area contributed by atoms with Gasteiger partial charge in [-0.2, -0.15) is 0 Å². The lowest BCUT2D eigenvalue weighted by Gasteiger charge is -2.16. The number of carbonyl (C=O) groups excluding carboxylic acids is 2. The summed E-state index contributed by atoms with van der Waals surface area (Å²) in [7, 11) is -3.72. The van der Waals surface area contributed by atoms with Crippen LogP contribution in [0.5, 0.6) is 0 Å². The molecule has 0 bridgehead atoms. The van der Waals surface area contributed by atoms with Crippen LogP contribution in [0.1, 0.15) is 19.4 Å². The molecule has 10 heteroatoms. The number of amidine groups is 1. The van der Waals surface area contributed by atoms with Gasteiger partial charge in [-0.15, -0.1) is 0 Å². The van der Waals surface area contributed by atoms with Gasteiger partial charge in [0.05, 0.1) is 16.1 Å². The highest BCUT2D eigenvalue weighted by molar-refractivity contribution is 7.90. The second kappa shape index (κ2) is 8.39. The quantitative estimate of drug-likeness (QED) is 0.572. The number of sulfonamides is 1. The second-order valence-electron chi connectivity index (χ2n) is 7.20. The van der Waals surface area contributed by atoms with Gasteiger partial charge in [-0.3, -0.25) is 19.5 Å². The number of nitrogens with zero attached hydrogens (tertiary/aromatic N) is 2. The summed E-state index contributed by atoms with van der Waals surface area (Å²) in [5.74, 6) is -1.21. The fraction of sp³-hybridized carbons (Fsp3) is 0.182. The molecule has 2 aromatic carbocycles. The molecule has 164 valence electrons. The van der Waals surface area contributed by atoms with Gasteiger partial charge < -0.3 is 10.1 Å². The maximum absolute atomic E-state index is 12.6. The normalized spacial score (nSPS) is 17.2. The van der Waals surface area contributed by atoms with E-state index in [9.17, 15) is 18.0 Å². The minimum atomic E-state index is -3.72. The van der Waals surface area contributed by atoms with E-state index < -0.39 is 34.0 Å². The Hall–Kier alpha value is -3.79. The summed E-state index contributed by atoms with van der Waals surface area (Å²) >= 11 is 0. The van der Waals surface area contributed by atoms with Crippen LogP contribution in [0.3, 0.4) is 0 Å². The number of amides is 1. The molecule has 2 N–H and O–H groups in total. The first-order chi connectivity index (χ1) is 15.3. The fourth-order valence-corrected chi connectivity index (χ4v) is 4.49. The number of aliphatic imine (C=N–C) groups is 1. The fourth-order valence-electron chi connectivity index (χ4n) is 3.25. The van der Waals surface area contributed by atoms with Crippen LogP contribution in [0.15, 0.2) is 70.7 Å². The molecular formula is C22H20N4O5S. The zero-order chi connectivity index (χ0) is 22.9. The third-order valence-electron chi connectivity index (χ3n) is 4.89. The number of hydrogen-bond acceptors (Lipinski definition) is 7. The van der Waals surface area contributed by atoms with Gasteiger partial charge in [0, 0.05) is 17.1 Å². The molecule has 0 spiro atoms. The van der Waals surface area contributed by atoms with Crippen LogP contribution in [0.4, 0.5) is 5.69 Å². The van der Waals surface area contributed by atoms with Crippen LogP contribution < -0.4 is 10.0 Å². The molecule has 0 radical (unpaired) electrons. The SMILES string of the molecule is CC(OC(=O)[C@H](C)N=C1NS(=O)(=O)c2ccccc21)C(=O)Nc1cccc2ncccc12. The Balaban J connectivity index is 1.44. The van der Waals surface area contributed by atoms with Gasteiger partial charge in [0.15, 0.2) is 6.10 Å². The van der Waals surface area contributed by atoms with E-state index in [1.807, 2.05) is 12.1 Å². The van der Waals surface area contributed by atoms with Crippen molar-refractivity contribution in [3.8, 4) is 0 Å². The van der Waals surface area contributed by atoms with Gasteiger partial charge in [0.2, 0.25) is 0 Å². The first kappa shape index (κ1) is 21.4. The standard InChI is InChI=1S/C22H20N4O5S/c1-13(24-20-16-7-3-4-11-19(16)32(29,30)26-20)22(28)31-14(2)21(27)25-18-10-5-9-17-15(18)8-6-12-23-17/h3-14H,1-2H3,(H,24,26)(H,25,27)/t13-,14?/m0/s1. The first-order valence-corrected chi connectivity index (χ1v) is 11.3. The van der Waals surface area contributed by atoms with Crippen molar-refractivity contribution < 1.29 is 22.7 Å². The predicted molar refractivity (Wildman–Crippen MR) is 119 cm³/mol. The summed E-state index contributed by atoms with van der Waals surface area (Å²) in [6, 6.07) is 14.2. The van der Waals surface area contributed by atoms with E-state index in [0.717, 1.165) is 10.9 Å². The van der Waals surface area contributed by atoms with Gasteiger partial charge in [0.1, 0.15) is 11.9 Å². The Bertz CT molecular complexity index is 1350. The zero-order valence-electron chi connectivity index (χ0n) is 17.3. The van der Waals surface area contributed by atoms with Crippen molar-refractivity contribution in [1.29, 1.82) is 0 Å². The molecule has 9 nitrogen and oxygen atoms in total. The highest BCUT2D eigenvalue weighted by Crippen LogP contribution is 2.23. The molecule has 0 fully saturated rings. The van der Waals surface area contributed by atoms with E-state index in [4.69, 9.17) is 4.74 Å². The lowest BCUT2D eigenvalue weighted by Crippen LogP contribution is -2.34. The maximum Gasteiger partial charge on any atom is 0.331 e. The van der Waals surface area contributed by atoms with Crippen molar-refractivity contribution in [2.24, 2.45) is 4.99 Å². The molecule has 1 aliphatic rings. The summed E-state index contributed by atoms with van der Waals surface area (Å²) < 4.78 is 32.0. The van der Waals surface area contributed by atoms with Crippen LogP contribution in [0, 0.1) is 0 Å². The molecule has 4 rings (SSSR count). The minimum Gasteiger partial charge on any atom is -0.451 e. The Morgan fingerprint density at radius 1 is 1.06 bits per heavy atom. The topological polar surface area (TPSA) is 127 Å². The molecule has 3 aromatic rings. The van der Waals surface area contributed by atoms with E-state index >= 15 is 0 Å². The summed E-state index contributed by atoms with van der Waals surface area (Å²) in [5, 5.41) is 3.50. The largest absolute Gasteiger partial charge is 0.451 e. The number of esters is 1. The van der Waals surface area contributed by atoms with Gasteiger partial charge in [0.25, 0.3) is 15.9 Å². The van der Waals surface area contributed by atoms with Crippen molar-refractivity contribution in [3.05, 3.63) is 66.4 Å². The monoisotopic (exact) mass is 452 g/mol. The minimum absolute atomic E-state index is 0.0606. The highest BCUT2D eigenvalue weighted by atomic mass is 32.2. The zero-order valence-corrected chi connectivity index (χ0v) is 18.1. The summed E-state index contributed by atoms with van der Waals surface area (Å²) in [6.07, 6.45) is 0.564. The van der Waals surface area contributed by atoms with Crippen LogP contribution in [0.2, 0.25) is 0 Å². The third-order valence-corrected chi connectivity index (χ3v) is 6.29. The number of carbonyl (C=O) groups is 2. The van der Waals surface area contributed by atoms with Gasteiger partial charge in [-0.05, 0) is 50.2 Å². The number of hydrogen-bond donors (Lipinski definition) is 2. The Morgan fingerprint density at radius 3 is 2.66 bits per heavy atom. The maximum atomic E-state index is 12.6. The van der Waals surface area contributed by atoms with Crippen molar-refractivity contribution >= 4 is 44.3 Å². The molecule has 1 aliphatic heterocycles. The lowest BCUT2D eigenvalue weighted by molar-refractivity contribution is -0.153. The van der Waals surface area contributed by atoms with Gasteiger partial charge in [-0.25, -0.2) is 13.2 Å². The first-order valence-electron chi connectivity index (χ1n) is 9.81. The predicted octanol–water partition coefficient (Wildman–Crippen LogP) is 2.23. The number of ether oxygens (including phenoxy) is 1. The smallest absolute Gasteiger partial charge is 0.331 e. The van der Waals surface area contributed by atoms with E-state index in [1.165, 1.54) is 19.9 Å². The average molecular weight is 452 g/mol. The van der Waals surface area contributed by atoms with Crippen LogP contribution in [0.25, 0.3) is 10.9 Å². The number of rotatable bonds is 5. The van der Waals surface area contributed by atoms with Crippen molar-refractivity contribution in [3.63, 3.8) is 0 Å². The average Bonchev–Trinajstić information content (AvgIpc) is 3.04. The molecule has 2 heterocycles. The summed E-state index contributed by atoms with van der Waals surface area (Å²) in [4.78, 5) is 33.6. The molecular weight excluding hydrogens is 432 g/mol. The lowest BCUT2D eigenvalue weighted by atomic mass is 10.2. The van der Waals surface area contributed by atoms with Crippen LogP contribution >= 0.6 is 0 Å². The van der Waals surface area contributed by atoms with E-state index in [-0.39, 0.29) is 10.7 Å². The Labute approximate surface area is 184 Å². The highest BCUT2D eigenvalue weighted by Gasteiger charge is 2.31. The number of aromatic nitrogens is 1. The number of pyridine rings is 1. The van der Waals surface area contributed by atoms with E-state index in [0.29, 0.717) is 11.3 Å². The molecule has 1 amide bonds. The Kier molecular flexibility index (Phi) is 5.62.